The minimum atomic E-state index is -1.40. The minimum Gasteiger partial charge on any atom is -0.481 e. The summed E-state index contributed by atoms with van der Waals surface area (Å²) in [7, 11) is 0. The lowest BCUT2D eigenvalue weighted by atomic mass is 10.1. The highest BCUT2D eigenvalue weighted by Gasteiger charge is 2.23. The number of carbonyl (C=O) groups is 2. The molecule has 0 heterocycles. The Hall–Kier alpha value is -2.56. The van der Waals surface area contributed by atoms with Gasteiger partial charge < -0.3 is 14.9 Å². The molecule has 5 heteroatoms. The molecule has 0 saturated heterocycles. The number of rotatable bonds is 5. The molecule has 0 fully saturated rings. The van der Waals surface area contributed by atoms with Crippen LogP contribution in [-0.4, -0.2) is 28.3 Å². The van der Waals surface area contributed by atoms with Crippen LogP contribution in [0, 0.1) is 0 Å². The fraction of sp³-hybridized carbons (Fsp3) is 0.143. The Bertz CT molecular complexity index is 615. The minimum absolute atomic E-state index is 0.367. The number of carboxylic acid groups (broad SMARTS) is 2. The number of hydrogen-bond acceptors (Lipinski definition) is 3. The Kier molecular flexibility index (Phi) is 3.66. The first-order valence-corrected chi connectivity index (χ1v) is 5.67. The molecule has 19 heavy (non-hydrogen) atoms. The lowest BCUT2D eigenvalue weighted by molar-refractivity contribution is -0.151. The lowest BCUT2D eigenvalue weighted by Gasteiger charge is -2.14. The van der Waals surface area contributed by atoms with E-state index in [0.717, 1.165) is 10.8 Å². The third-order valence-corrected chi connectivity index (χ3v) is 2.65. The first kappa shape index (κ1) is 12.9. The van der Waals surface area contributed by atoms with Crippen LogP contribution in [0.4, 0.5) is 0 Å². The summed E-state index contributed by atoms with van der Waals surface area (Å²) in [4.78, 5) is 21.6. The van der Waals surface area contributed by atoms with Gasteiger partial charge >= 0.3 is 11.9 Å². The third-order valence-electron chi connectivity index (χ3n) is 2.65. The molecule has 0 aliphatic heterocycles. The zero-order valence-electron chi connectivity index (χ0n) is 9.95. The summed E-state index contributed by atoms with van der Waals surface area (Å²) < 4.78 is 5.32. The monoisotopic (exact) mass is 260 g/mol. The molecule has 0 aliphatic carbocycles. The van der Waals surface area contributed by atoms with Gasteiger partial charge in [-0.2, -0.15) is 0 Å². The molecule has 0 unspecified atom stereocenters. The lowest BCUT2D eigenvalue weighted by Crippen LogP contribution is -2.29. The summed E-state index contributed by atoms with van der Waals surface area (Å²) in [5.41, 5.74) is 0. The largest absolute Gasteiger partial charge is 0.481 e. The molecule has 0 radical (unpaired) electrons. The van der Waals surface area contributed by atoms with Gasteiger partial charge in [-0.25, -0.2) is 4.79 Å². The topological polar surface area (TPSA) is 83.8 Å². The van der Waals surface area contributed by atoms with Crippen molar-refractivity contribution < 1.29 is 24.5 Å². The van der Waals surface area contributed by atoms with Gasteiger partial charge in [0, 0.05) is 5.39 Å². The van der Waals surface area contributed by atoms with Crippen LogP contribution in [-0.2, 0) is 9.59 Å². The summed E-state index contributed by atoms with van der Waals surface area (Å²) in [5, 5.41) is 19.3. The summed E-state index contributed by atoms with van der Waals surface area (Å²) >= 11 is 0. The number of carboxylic acids is 2. The van der Waals surface area contributed by atoms with Crippen LogP contribution in [0.5, 0.6) is 5.75 Å². The molecule has 0 bridgehead atoms. The van der Waals surface area contributed by atoms with Crippen molar-refractivity contribution in [1.29, 1.82) is 0 Å². The van der Waals surface area contributed by atoms with E-state index in [9.17, 15) is 9.59 Å². The van der Waals surface area contributed by atoms with Gasteiger partial charge in [0.15, 0.2) is 0 Å². The maximum absolute atomic E-state index is 11.0. The first-order chi connectivity index (χ1) is 9.08. The van der Waals surface area contributed by atoms with Crippen LogP contribution in [0.15, 0.2) is 42.5 Å². The van der Waals surface area contributed by atoms with Gasteiger partial charge in [0.1, 0.15) is 5.75 Å². The van der Waals surface area contributed by atoms with Gasteiger partial charge in [-0.1, -0.05) is 36.4 Å². The molecule has 0 amide bonds. The highest BCUT2D eigenvalue weighted by Crippen LogP contribution is 2.26. The summed E-state index contributed by atoms with van der Waals surface area (Å²) in [5.74, 6) is -2.14. The average molecular weight is 260 g/mol. The fourth-order valence-corrected chi connectivity index (χ4v) is 1.79. The standard InChI is InChI=1S/C14H12O5/c15-13(16)8-12(14(17)18)19-11-7-3-5-9-4-1-2-6-10(9)11/h1-7,12H,8H2,(H,15,16)(H,17,18)/t12-/m1/s1. The van der Waals surface area contributed by atoms with Gasteiger partial charge in [-0.3, -0.25) is 4.79 Å². The van der Waals surface area contributed by atoms with Gasteiger partial charge in [0.2, 0.25) is 6.10 Å². The van der Waals surface area contributed by atoms with E-state index in [4.69, 9.17) is 14.9 Å². The molecule has 2 aromatic carbocycles. The Morgan fingerprint density at radius 2 is 1.74 bits per heavy atom. The normalized spacial score (nSPS) is 12.0. The third kappa shape index (κ3) is 3.01. The summed E-state index contributed by atoms with van der Waals surface area (Å²) in [6, 6.07) is 12.6. The van der Waals surface area contributed by atoms with Crippen molar-refractivity contribution in [3.05, 3.63) is 42.5 Å². The van der Waals surface area contributed by atoms with Crippen LogP contribution >= 0.6 is 0 Å². The molecular weight excluding hydrogens is 248 g/mol. The average Bonchev–Trinajstić information content (AvgIpc) is 2.37. The smallest absolute Gasteiger partial charge is 0.345 e. The second-order valence-corrected chi connectivity index (χ2v) is 4.02. The zero-order valence-corrected chi connectivity index (χ0v) is 9.95. The van der Waals surface area contributed by atoms with E-state index in [-0.39, 0.29) is 0 Å². The Morgan fingerprint density at radius 3 is 2.42 bits per heavy atom. The highest BCUT2D eigenvalue weighted by atomic mass is 16.5. The fourth-order valence-electron chi connectivity index (χ4n) is 1.79. The quantitative estimate of drug-likeness (QED) is 0.860. The van der Waals surface area contributed by atoms with Gasteiger partial charge in [0.25, 0.3) is 0 Å². The van der Waals surface area contributed by atoms with E-state index in [1.165, 1.54) is 0 Å². The van der Waals surface area contributed by atoms with Gasteiger partial charge in [0.05, 0.1) is 6.42 Å². The van der Waals surface area contributed by atoms with Crippen LogP contribution in [0.2, 0.25) is 0 Å². The molecule has 0 aliphatic rings. The van der Waals surface area contributed by atoms with Crippen LogP contribution in [0.1, 0.15) is 6.42 Å². The molecule has 2 rings (SSSR count). The van der Waals surface area contributed by atoms with Gasteiger partial charge in [-0.15, -0.1) is 0 Å². The van der Waals surface area contributed by atoms with Gasteiger partial charge in [-0.05, 0) is 11.5 Å². The molecule has 5 nitrogen and oxygen atoms in total. The molecule has 1 atom stereocenters. The first-order valence-electron chi connectivity index (χ1n) is 5.67. The van der Waals surface area contributed by atoms with Crippen molar-refractivity contribution >= 4 is 22.7 Å². The van der Waals surface area contributed by atoms with Crippen LogP contribution in [0.3, 0.4) is 0 Å². The Labute approximate surface area is 109 Å². The maximum atomic E-state index is 11.0. The zero-order chi connectivity index (χ0) is 13.8. The van der Waals surface area contributed by atoms with Crippen LogP contribution < -0.4 is 4.74 Å². The number of benzene rings is 2. The number of ether oxygens (including phenoxy) is 1. The summed E-state index contributed by atoms with van der Waals surface area (Å²) in [6.45, 7) is 0. The van der Waals surface area contributed by atoms with Crippen molar-refractivity contribution in [3.63, 3.8) is 0 Å². The molecular formula is C14H12O5. The van der Waals surface area contributed by atoms with Crippen molar-refractivity contribution in [2.75, 3.05) is 0 Å². The molecule has 2 aromatic rings. The molecule has 2 N–H and O–H groups in total. The van der Waals surface area contributed by atoms with Crippen molar-refractivity contribution in [2.24, 2.45) is 0 Å². The van der Waals surface area contributed by atoms with E-state index in [1.807, 2.05) is 24.3 Å². The predicted molar refractivity (Wildman–Crippen MR) is 68.3 cm³/mol. The molecule has 0 aromatic heterocycles. The van der Waals surface area contributed by atoms with E-state index >= 15 is 0 Å². The van der Waals surface area contributed by atoms with Crippen molar-refractivity contribution in [1.82, 2.24) is 0 Å². The number of aliphatic carboxylic acids is 2. The maximum Gasteiger partial charge on any atom is 0.345 e. The SMILES string of the molecule is O=C(O)C[C@@H](Oc1cccc2ccccc12)C(=O)O. The molecule has 98 valence electrons. The van der Waals surface area contributed by atoms with Crippen molar-refractivity contribution in [3.8, 4) is 5.75 Å². The van der Waals surface area contributed by atoms with E-state index in [0.29, 0.717) is 5.75 Å². The summed E-state index contributed by atoms with van der Waals surface area (Å²) in [6.07, 6.45) is -1.98. The van der Waals surface area contributed by atoms with E-state index < -0.39 is 24.5 Å². The van der Waals surface area contributed by atoms with Crippen LogP contribution in [0.25, 0.3) is 10.8 Å². The highest BCUT2D eigenvalue weighted by molar-refractivity contribution is 5.89. The second-order valence-electron chi connectivity index (χ2n) is 4.02. The Morgan fingerprint density at radius 1 is 1.05 bits per heavy atom. The van der Waals surface area contributed by atoms with E-state index in [1.54, 1.807) is 18.2 Å². The van der Waals surface area contributed by atoms with Crippen molar-refractivity contribution in [2.45, 2.75) is 12.5 Å². The number of fused-ring (bicyclic) bond motifs is 1. The Balaban J connectivity index is 2.33. The number of hydrogen-bond donors (Lipinski definition) is 2. The predicted octanol–water partition coefficient (Wildman–Crippen LogP) is 2.15. The molecule has 0 saturated carbocycles. The molecule has 0 spiro atoms. The second kappa shape index (κ2) is 5.39. The van der Waals surface area contributed by atoms with E-state index in [2.05, 4.69) is 0 Å².